The summed E-state index contributed by atoms with van der Waals surface area (Å²) >= 11 is 0. The highest BCUT2D eigenvalue weighted by atomic mass is 35.5. The minimum absolute atomic E-state index is 0. The maximum Gasteiger partial charge on any atom is 0.0968 e. The molecule has 2 nitrogen and oxygen atoms in total. The number of halogens is 1. The number of rotatable bonds is 1. The number of hydrogen-bond donors (Lipinski definition) is 2. The van der Waals surface area contributed by atoms with E-state index < -0.39 is 0 Å². The fourth-order valence-corrected chi connectivity index (χ4v) is 4.44. The summed E-state index contributed by atoms with van der Waals surface area (Å²) in [4.78, 5) is 0. The van der Waals surface area contributed by atoms with E-state index in [2.05, 4.69) is 0 Å². The summed E-state index contributed by atoms with van der Waals surface area (Å²) in [5, 5.41) is 7.75. The van der Waals surface area contributed by atoms with E-state index in [1.54, 1.807) is 0 Å². The summed E-state index contributed by atoms with van der Waals surface area (Å²) in [6, 6.07) is 0. The highest BCUT2D eigenvalue weighted by molar-refractivity contribution is 5.84. The van der Waals surface area contributed by atoms with Gasteiger partial charge >= 0.3 is 0 Å². The third-order valence-electron chi connectivity index (χ3n) is 4.61. The first-order chi connectivity index (χ1) is 6.18. The molecule has 3 heteroatoms. The topological polar surface area (TPSA) is 49.9 Å². The van der Waals surface area contributed by atoms with Gasteiger partial charge in [0.15, 0.2) is 0 Å². The van der Waals surface area contributed by atoms with E-state index in [1.165, 1.54) is 38.5 Å². The van der Waals surface area contributed by atoms with Gasteiger partial charge < -0.3 is 18.1 Å². The molecule has 0 spiro atoms. The van der Waals surface area contributed by atoms with Crippen LogP contribution < -0.4 is 18.1 Å². The maximum atomic E-state index is 7.75. The predicted molar refractivity (Wildman–Crippen MR) is 52.5 cm³/mol. The van der Waals surface area contributed by atoms with Gasteiger partial charge in [-0.1, -0.05) is 0 Å². The zero-order chi connectivity index (χ0) is 9.05. The Balaban J connectivity index is 0.000000750. The van der Waals surface area contributed by atoms with Crippen molar-refractivity contribution < 1.29 is 12.4 Å². The van der Waals surface area contributed by atoms with Crippen LogP contribution in [0.25, 0.3) is 0 Å². The molecule has 0 unspecified atom stereocenters. The zero-order valence-corrected chi connectivity index (χ0v) is 9.19. The van der Waals surface area contributed by atoms with Crippen molar-refractivity contribution in [2.75, 3.05) is 0 Å². The molecule has 0 aromatic rings. The second-order valence-electron chi connectivity index (χ2n) is 5.61. The average Bonchev–Trinajstić information content (AvgIpc) is 2.00. The van der Waals surface area contributed by atoms with Crippen LogP contribution in [0.5, 0.6) is 0 Å². The minimum atomic E-state index is 0. The predicted octanol–water partition coefficient (Wildman–Crippen LogP) is -0.857. The molecule has 4 aliphatic rings. The van der Waals surface area contributed by atoms with Crippen LogP contribution in [0.15, 0.2) is 0 Å². The lowest BCUT2D eigenvalue weighted by Crippen LogP contribution is -3.00. The van der Waals surface area contributed by atoms with Gasteiger partial charge in [-0.25, -0.2) is 0 Å². The van der Waals surface area contributed by atoms with Gasteiger partial charge in [-0.2, -0.15) is 0 Å². The number of amidine groups is 1. The summed E-state index contributed by atoms with van der Waals surface area (Å²) in [6.07, 6.45) is 8.00. The summed E-state index contributed by atoms with van der Waals surface area (Å²) in [5.41, 5.74) is 5.94. The Labute approximate surface area is 91.5 Å². The molecule has 0 aromatic carbocycles. The Hall–Kier alpha value is -0.240. The van der Waals surface area contributed by atoms with Crippen molar-refractivity contribution in [1.82, 2.24) is 0 Å². The second-order valence-corrected chi connectivity index (χ2v) is 5.61. The molecular formula is C11H18ClN2-. The SMILES string of the molecule is N=C(N)C12CC3CC(CC(C3)C1)C2.[Cl-]. The Bertz CT molecular complexity index is 227. The van der Waals surface area contributed by atoms with Crippen molar-refractivity contribution in [3.8, 4) is 0 Å². The monoisotopic (exact) mass is 213 g/mol. The first-order valence-electron chi connectivity index (χ1n) is 5.52. The van der Waals surface area contributed by atoms with Crippen molar-refractivity contribution in [3.05, 3.63) is 0 Å². The first kappa shape index (κ1) is 10.3. The third kappa shape index (κ3) is 1.27. The van der Waals surface area contributed by atoms with Gasteiger partial charge in [-0.15, -0.1) is 0 Å². The summed E-state index contributed by atoms with van der Waals surface area (Å²) < 4.78 is 0. The molecule has 4 aliphatic carbocycles. The lowest BCUT2D eigenvalue weighted by atomic mass is 9.49. The molecule has 0 aromatic heterocycles. The van der Waals surface area contributed by atoms with Gasteiger partial charge in [-0.05, 0) is 56.3 Å². The van der Waals surface area contributed by atoms with Gasteiger partial charge in [0, 0.05) is 5.41 Å². The summed E-state index contributed by atoms with van der Waals surface area (Å²) in [6.45, 7) is 0. The van der Waals surface area contributed by atoms with Crippen LogP contribution in [0.3, 0.4) is 0 Å². The van der Waals surface area contributed by atoms with Crippen LogP contribution in [-0.2, 0) is 0 Å². The van der Waals surface area contributed by atoms with Crippen molar-refractivity contribution in [3.63, 3.8) is 0 Å². The van der Waals surface area contributed by atoms with Crippen molar-refractivity contribution in [1.29, 1.82) is 5.41 Å². The van der Waals surface area contributed by atoms with Crippen molar-refractivity contribution >= 4 is 5.84 Å². The van der Waals surface area contributed by atoms with Crippen LogP contribution in [0.4, 0.5) is 0 Å². The Morgan fingerprint density at radius 1 is 1.00 bits per heavy atom. The molecule has 14 heavy (non-hydrogen) atoms. The Morgan fingerprint density at radius 2 is 1.36 bits per heavy atom. The van der Waals surface area contributed by atoms with Crippen molar-refractivity contribution in [2.45, 2.75) is 38.5 Å². The standard InChI is InChI=1S/C11H18N2.ClH/c12-10(13)11-4-7-1-8(5-11)3-9(2-7)6-11;/h7-9H,1-6H2,(H3,12,13);1H/p-1. The van der Waals surface area contributed by atoms with Gasteiger partial charge in [0.05, 0.1) is 5.84 Å². The highest BCUT2D eigenvalue weighted by Gasteiger charge is 2.52. The van der Waals surface area contributed by atoms with Crippen LogP contribution in [0.2, 0.25) is 0 Å². The highest BCUT2D eigenvalue weighted by Crippen LogP contribution is 2.59. The lowest BCUT2D eigenvalue weighted by Gasteiger charge is -2.56. The molecule has 0 heterocycles. The van der Waals surface area contributed by atoms with Gasteiger partial charge in [-0.3, -0.25) is 5.41 Å². The van der Waals surface area contributed by atoms with Crippen molar-refractivity contribution in [2.24, 2.45) is 28.9 Å². The summed E-state index contributed by atoms with van der Waals surface area (Å²) in [7, 11) is 0. The molecule has 4 bridgehead atoms. The molecule has 0 amide bonds. The van der Waals surface area contributed by atoms with E-state index in [0.29, 0.717) is 5.84 Å². The molecule has 4 rings (SSSR count). The zero-order valence-electron chi connectivity index (χ0n) is 8.43. The maximum absolute atomic E-state index is 7.75. The molecule has 0 radical (unpaired) electrons. The molecule has 4 fully saturated rings. The first-order valence-corrected chi connectivity index (χ1v) is 5.52. The molecule has 0 atom stereocenters. The molecule has 0 aliphatic heterocycles. The molecule has 3 N–H and O–H groups in total. The quantitative estimate of drug-likeness (QED) is 0.433. The van der Waals surface area contributed by atoms with E-state index in [-0.39, 0.29) is 17.8 Å². The molecule has 0 saturated heterocycles. The van der Waals surface area contributed by atoms with E-state index in [9.17, 15) is 0 Å². The van der Waals surface area contributed by atoms with Crippen LogP contribution in [0.1, 0.15) is 38.5 Å². The number of nitrogens with one attached hydrogen (secondary N) is 1. The Morgan fingerprint density at radius 3 is 1.64 bits per heavy atom. The van der Waals surface area contributed by atoms with Gasteiger partial charge in [0.25, 0.3) is 0 Å². The van der Waals surface area contributed by atoms with Crippen LogP contribution >= 0.6 is 0 Å². The van der Waals surface area contributed by atoms with E-state index >= 15 is 0 Å². The third-order valence-corrected chi connectivity index (χ3v) is 4.61. The van der Waals surface area contributed by atoms with E-state index in [1.807, 2.05) is 0 Å². The Kier molecular flexibility index (Phi) is 2.30. The largest absolute Gasteiger partial charge is 1.00 e. The number of nitrogens with two attached hydrogens (primary N) is 1. The fourth-order valence-electron chi connectivity index (χ4n) is 4.44. The number of hydrogen-bond acceptors (Lipinski definition) is 1. The second kappa shape index (κ2) is 3.13. The summed E-state index contributed by atoms with van der Waals surface area (Å²) in [5.74, 6) is 3.23. The smallest absolute Gasteiger partial charge is 0.0968 e. The average molecular weight is 214 g/mol. The van der Waals surface area contributed by atoms with Crippen LogP contribution in [0, 0.1) is 28.6 Å². The fraction of sp³-hybridized carbons (Fsp3) is 0.909. The van der Waals surface area contributed by atoms with E-state index in [0.717, 1.165) is 17.8 Å². The minimum Gasteiger partial charge on any atom is -1.00 e. The van der Waals surface area contributed by atoms with E-state index in [4.69, 9.17) is 11.1 Å². The molecule has 80 valence electrons. The lowest BCUT2D eigenvalue weighted by molar-refractivity contribution is -0.0133. The normalized spacial score (nSPS) is 48.7. The molecule has 4 saturated carbocycles. The van der Waals surface area contributed by atoms with Gasteiger partial charge in [0.1, 0.15) is 0 Å². The molecular weight excluding hydrogens is 196 g/mol. The van der Waals surface area contributed by atoms with Gasteiger partial charge in [0.2, 0.25) is 0 Å². The van der Waals surface area contributed by atoms with Crippen LogP contribution in [-0.4, -0.2) is 5.84 Å².